The van der Waals surface area contributed by atoms with Gasteiger partial charge in [0.15, 0.2) is 0 Å². The Morgan fingerprint density at radius 3 is 1.81 bits per heavy atom. The smallest absolute Gasteiger partial charge is 0.123 e. The quantitative estimate of drug-likeness (QED) is 0.314. The molecular formula is C28H25ClOP+. The molecule has 0 unspecified atom stereocenters. The Labute approximate surface area is 190 Å². The van der Waals surface area contributed by atoms with Gasteiger partial charge in [-0.05, 0) is 55.0 Å². The van der Waals surface area contributed by atoms with E-state index in [0.717, 1.165) is 22.9 Å². The number of phenolic OH excluding ortho intramolecular Hbond substituents is 1. The fourth-order valence-electron chi connectivity index (χ4n) is 4.00. The molecule has 1 N–H and O–H groups in total. The predicted octanol–water partition coefficient (Wildman–Crippen LogP) is 7.12. The molecule has 0 aromatic heterocycles. The van der Waals surface area contributed by atoms with Crippen molar-refractivity contribution in [1.29, 1.82) is 0 Å². The van der Waals surface area contributed by atoms with Crippen LogP contribution >= 0.6 is 18.9 Å². The maximum atomic E-state index is 10.8. The van der Waals surface area contributed by atoms with Crippen LogP contribution in [0.25, 0.3) is 5.57 Å². The number of hydrogen-bond donors (Lipinski definition) is 1. The van der Waals surface area contributed by atoms with Crippen LogP contribution in [-0.4, -0.2) is 11.3 Å². The van der Waals surface area contributed by atoms with Crippen LogP contribution in [0.4, 0.5) is 0 Å². The maximum Gasteiger partial charge on any atom is 0.123 e. The molecule has 31 heavy (non-hydrogen) atoms. The first-order valence-corrected chi connectivity index (χ1v) is 12.8. The van der Waals surface area contributed by atoms with Crippen LogP contribution in [-0.2, 0) is 0 Å². The van der Waals surface area contributed by atoms with Crippen LogP contribution < -0.4 is 10.6 Å². The number of aromatic hydroxyl groups is 1. The summed E-state index contributed by atoms with van der Waals surface area (Å²) < 4.78 is 0. The van der Waals surface area contributed by atoms with Crippen LogP contribution in [0.2, 0.25) is 5.02 Å². The average molecular weight is 444 g/mol. The summed E-state index contributed by atoms with van der Waals surface area (Å²) in [5.74, 6) is 2.63. The largest absolute Gasteiger partial charge is 0.507 e. The van der Waals surface area contributed by atoms with E-state index in [1.807, 2.05) is 24.3 Å². The highest BCUT2D eigenvalue weighted by molar-refractivity contribution is 7.92. The molecule has 0 bridgehead atoms. The van der Waals surface area contributed by atoms with Crippen LogP contribution in [0, 0.1) is 0 Å². The molecule has 4 rings (SSSR count). The van der Waals surface area contributed by atoms with Gasteiger partial charge in [0.1, 0.15) is 23.6 Å². The fraction of sp³-hybridized carbons (Fsp3) is 0.0714. The molecule has 1 nitrogen and oxygen atoms in total. The topological polar surface area (TPSA) is 20.2 Å². The van der Waals surface area contributed by atoms with Gasteiger partial charge in [-0.25, -0.2) is 0 Å². The molecule has 0 aliphatic heterocycles. The Hall–Kier alpha value is -2.86. The minimum atomic E-state index is -1.92. The number of benzene rings is 4. The minimum Gasteiger partial charge on any atom is -0.507 e. The maximum absolute atomic E-state index is 10.8. The molecular weight excluding hydrogens is 419 g/mol. The Morgan fingerprint density at radius 1 is 0.774 bits per heavy atom. The SMILES string of the molecule is CC[P+](/C=C(/c1ccccc1)c1cc(Cl)ccc1O)(c1ccccc1)c1ccccc1. The Bertz CT molecular complexity index is 1130. The highest BCUT2D eigenvalue weighted by Gasteiger charge is 2.40. The van der Waals surface area contributed by atoms with Crippen molar-refractivity contribution in [1.82, 2.24) is 0 Å². The third-order valence-electron chi connectivity index (χ3n) is 5.62. The van der Waals surface area contributed by atoms with E-state index in [4.69, 9.17) is 11.6 Å². The molecule has 0 heterocycles. The zero-order valence-electron chi connectivity index (χ0n) is 17.4. The van der Waals surface area contributed by atoms with E-state index in [0.29, 0.717) is 5.02 Å². The van der Waals surface area contributed by atoms with Crippen LogP contribution in [0.1, 0.15) is 18.1 Å². The van der Waals surface area contributed by atoms with E-state index >= 15 is 0 Å². The van der Waals surface area contributed by atoms with Crippen molar-refractivity contribution in [2.45, 2.75) is 6.92 Å². The summed E-state index contributed by atoms with van der Waals surface area (Å²) in [6, 6.07) is 36.9. The van der Waals surface area contributed by atoms with E-state index < -0.39 is 7.26 Å². The first kappa shape index (κ1) is 21.4. The molecule has 0 atom stereocenters. The van der Waals surface area contributed by atoms with E-state index in [9.17, 15) is 5.11 Å². The normalized spacial score (nSPS) is 12.0. The Balaban J connectivity index is 2.06. The molecule has 4 aromatic carbocycles. The average Bonchev–Trinajstić information content (AvgIpc) is 2.84. The fourth-order valence-corrected chi connectivity index (χ4v) is 7.82. The second kappa shape index (κ2) is 9.52. The van der Waals surface area contributed by atoms with Crippen molar-refractivity contribution in [3.63, 3.8) is 0 Å². The number of rotatable bonds is 6. The molecule has 0 aliphatic carbocycles. The van der Waals surface area contributed by atoms with Gasteiger partial charge >= 0.3 is 0 Å². The lowest BCUT2D eigenvalue weighted by Gasteiger charge is -2.24. The standard InChI is InChI=1S/C28H24ClOP/c1-2-31(24-14-8-4-9-15-24,25-16-10-5-11-17-25)21-27(22-12-6-3-7-13-22)26-20-23(29)18-19-28(26)30/h3-21H,2H2,1H3/p+1/b27-21-. The van der Waals surface area contributed by atoms with Gasteiger partial charge in [0, 0.05) is 16.2 Å². The first-order chi connectivity index (χ1) is 15.1. The van der Waals surface area contributed by atoms with Crippen LogP contribution in [0.15, 0.2) is 115 Å². The van der Waals surface area contributed by atoms with Gasteiger partial charge in [0.05, 0.1) is 12.0 Å². The molecule has 154 valence electrons. The Morgan fingerprint density at radius 2 is 1.29 bits per heavy atom. The van der Waals surface area contributed by atoms with Crippen molar-refractivity contribution >= 4 is 35.0 Å². The van der Waals surface area contributed by atoms with Gasteiger partial charge in [-0.1, -0.05) is 78.3 Å². The summed E-state index contributed by atoms with van der Waals surface area (Å²) in [6.45, 7) is 2.25. The van der Waals surface area contributed by atoms with Gasteiger partial charge < -0.3 is 5.11 Å². The van der Waals surface area contributed by atoms with Crippen molar-refractivity contribution in [2.75, 3.05) is 6.16 Å². The van der Waals surface area contributed by atoms with Crippen molar-refractivity contribution in [3.8, 4) is 5.75 Å². The summed E-state index contributed by atoms with van der Waals surface area (Å²) >= 11 is 6.36. The molecule has 3 heteroatoms. The molecule has 0 saturated carbocycles. The van der Waals surface area contributed by atoms with Crippen LogP contribution in [0.5, 0.6) is 5.75 Å². The zero-order valence-corrected chi connectivity index (χ0v) is 19.1. The van der Waals surface area contributed by atoms with E-state index in [2.05, 4.69) is 85.5 Å². The predicted molar refractivity (Wildman–Crippen MR) is 136 cm³/mol. The highest BCUT2D eigenvalue weighted by atomic mass is 35.5. The van der Waals surface area contributed by atoms with E-state index in [-0.39, 0.29) is 5.75 Å². The third-order valence-corrected chi connectivity index (χ3v) is 9.99. The molecule has 0 amide bonds. The van der Waals surface area contributed by atoms with E-state index in [1.54, 1.807) is 12.1 Å². The van der Waals surface area contributed by atoms with Gasteiger partial charge in [-0.2, -0.15) is 0 Å². The van der Waals surface area contributed by atoms with E-state index in [1.165, 1.54) is 10.6 Å². The molecule has 0 saturated heterocycles. The van der Waals surface area contributed by atoms with Gasteiger partial charge in [-0.15, -0.1) is 0 Å². The third kappa shape index (κ3) is 4.44. The second-order valence-corrected chi connectivity index (χ2v) is 11.5. The van der Waals surface area contributed by atoms with Crippen LogP contribution in [0.3, 0.4) is 0 Å². The number of halogens is 1. The summed E-state index contributed by atoms with van der Waals surface area (Å²) in [5.41, 5.74) is 2.82. The zero-order chi connectivity index (χ0) is 21.7. The summed E-state index contributed by atoms with van der Waals surface area (Å²) in [6.07, 6.45) is 0.971. The molecule has 0 fully saturated rings. The lowest BCUT2D eigenvalue weighted by molar-refractivity contribution is 0.473. The minimum absolute atomic E-state index is 0.231. The summed E-state index contributed by atoms with van der Waals surface area (Å²) in [5, 5.41) is 14.0. The number of phenols is 1. The monoisotopic (exact) mass is 443 g/mol. The Kier molecular flexibility index (Phi) is 6.56. The van der Waals surface area contributed by atoms with Crippen molar-refractivity contribution in [2.24, 2.45) is 0 Å². The van der Waals surface area contributed by atoms with Crippen molar-refractivity contribution in [3.05, 3.63) is 131 Å². The second-order valence-electron chi connectivity index (χ2n) is 7.43. The van der Waals surface area contributed by atoms with Gasteiger partial charge in [0.25, 0.3) is 0 Å². The number of hydrogen-bond acceptors (Lipinski definition) is 1. The summed E-state index contributed by atoms with van der Waals surface area (Å²) in [7, 11) is -1.92. The lowest BCUT2D eigenvalue weighted by atomic mass is 9.99. The highest BCUT2D eigenvalue weighted by Crippen LogP contribution is 2.60. The van der Waals surface area contributed by atoms with Gasteiger partial charge in [0.2, 0.25) is 0 Å². The molecule has 0 spiro atoms. The molecule has 0 aliphatic rings. The molecule has 4 aromatic rings. The molecule has 0 radical (unpaired) electrons. The van der Waals surface area contributed by atoms with Gasteiger partial charge in [-0.3, -0.25) is 0 Å². The lowest BCUT2D eigenvalue weighted by Crippen LogP contribution is -2.22. The summed E-state index contributed by atoms with van der Waals surface area (Å²) in [4.78, 5) is 0. The van der Waals surface area contributed by atoms with Crippen molar-refractivity contribution < 1.29 is 5.11 Å². The first-order valence-electron chi connectivity index (χ1n) is 10.4.